The molecule has 0 radical (unpaired) electrons. The maximum atomic E-state index is 12.9. The molecule has 1 aliphatic rings. The molecule has 6 heteroatoms. The minimum atomic E-state index is -0.432. The number of amides is 2. The Hall–Kier alpha value is -2.89. The Morgan fingerprint density at radius 2 is 1.83 bits per heavy atom. The molecule has 0 bridgehead atoms. The lowest BCUT2D eigenvalue weighted by atomic mass is 10.0. The van der Waals surface area contributed by atoms with Crippen molar-refractivity contribution in [2.45, 2.75) is 51.1 Å². The highest BCUT2D eigenvalue weighted by Crippen LogP contribution is 2.18. The summed E-state index contributed by atoms with van der Waals surface area (Å²) in [6, 6.07) is 13.3. The van der Waals surface area contributed by atoms with E-state index in [1.807, 2.05) is 30.3 Å². The molecule has 1 aromatic carbocycles. The number of hydrogen-bond acceptors (Lipinski definition) is 3. The number of carbonyl (C=O) groups is 2. The van der Waals surface area contributed by atoms with Gasteiger partial charge in [-0.05, 0) is 36.5 Å². The number of hydrogen-bond donors (Lipinski definition) is 1. The van der Waals surface area contributed by atoms with E-state index in [4.69, 9.17) is 0 Å². The van der Waals surface area contributed by atoms with Gasteiger partial charge in [0.1, 0.15) is 12.1 Å². The second-order valence-corrected chi connectivity index (χ2v) is 7.90. The van der Waals surface area contributed by atoms with Crippen molar-refractivity contribution in [3.63, 3.8) is 0 Å². The van der Waals surface area contributed by atoms with Gasteiger partial charge in [0.05, 0.1) is 0 Å². The largest absolute Gasteiger partial charge is 0.352 e. The minimum absolute atomic E-state index is 0.0689. The third-order valence-electron chi connectivity index (χ3n) is 5.55. The fourth-order valence-corrected chi connectivity index (χ4v) is 3.91. The van der Waals surface area contributed by atoms with Crippen LogP contribution in [0.25, 0.3) is 0 Å². The second-order valence-electron chi connectivity index (χ2n) is 7.90. The first-order valence-electron chi connectivity index (χ1n) is 10.2. The lowest BCUT2D eigenvalue weighted by Gasteiger charge is -2.22. The van der Waals surface area contributed by atoms with E-state index < -0.39 is 5.56 Å². The summed E-state index contributed by atoms with van der Waals surface area (Å²) < 4.78 is 1.31. The van der Waals surface area contributed by atoms with Crippen molar-refractivity contribution in [3.8, 4) is 0 Å². The Bertz CT molecular complexity index is 901. The Labute approximate surface area is 171 Å². The van der Waals surface area contributed by atoms with Crippen LogP contribution in [0.15, 0.2) is 53.5 Å². The average Bonchev–Trinajstić information content (AvgIpc) is 3.22. The Morgan fingerprint density at radius 1 is 1.14 bits per heavy atom. The van der Waals surface area contributed by atoms with Gasteiger partial charge < -0.3 is 14.8 Å². The fourth-order valence-electron chi connectivity index (χ4n) is 3.91. The smallest absolute Gasteiger partial charge is 0.263 e. The van der Waals surface area contributed by atoms with E-state index in [9.17, 15) is 14.4 Å². The topological polar surface area (TPSA) is 71.4 Å². The van der Waals surface area contributed by atoms with Crippen LogP contribution in [-0.2, 0) is 11.3 Å². The normalized spacial score (nSPS) is 15.1. The third kappa shape index (κ3) is 5.34. The summed E-state index contributed by atoms with van der Waals surface area (Å²) in [5.74, 6) is -0.369. The van der Waals surface area contributed by atoms with Gasteiger partial charge in [-0.3, -0.25) is 14.4 Å². The van der Waals surface area contributed by atoms with Gasteiger partial charge >= 0.3 is 0 Å². The number of rotatable bonds is 7. The number of nitrogens with one attached hydrogen (secondary N) is 1. The van der Waals surface area contributed by atoms with Crippen molar-refractivity contribution in [1.29, 1.82) is 0 Å². The molecule has 2 amide bonds. The second kappa shape index (κ2) is 9.54. The molecule has 1 heterocycles. The Kier molecular flexibility index (Phi) is 6.86. The molecule has 1 aliphatic carbocycles. The fraction of sp³-hybridized carbons (Fsp3) is 0.435. The molecule has 0 aliphatic heterocycles. The summed E-state index contributed by atoms with van der Waals surface area (Å²) in [6.07, 6.45) is 5.79. The lowest BCUT2D eigenvalue weighted by Crippen LogP contribution is -2.40. The molecule has 154 valence electrons. The summed E-state index contributed by atoms with van der Waals surface area (Å²) in [6.45, 7) is 2.48. The summed E-state index contributed by atoms with van der Waals surface area (Å²) in [5.41, 5.74) is 0.795. The monoisotopic (exact) mass is 395 g/mol. The predicted molar refractivity (Wildman–Crippen MR) is 113 cm³/mol. The molecule has 0 unspecified atom stereocenters. The molecular weight excluding hydrogens is 366 g/mol. The molecule has 0 spiro atoms. The minimum Gasteiger partial charge on any atom is -0.352 e. The number of carbonyl (C=O) groups excluding carboxylic acids is 2. The molecule has 1 aromatic heterocycles. The highest BCUT2D eigenvalue weighted by molar-refractivity contribution is 5.93. The van der Waals surface area contributed by atoms with Gasteiger partial charge in [-0.15, -0.1) is 0 Å². The molecular formula is C23H29N3O3. The summed E-state index contributed by atoms with van der Waals surface area (Å²) in [4.78, 5) is 39.5. The van der Waals surface area contributed by atoms with Gasteiger partial charge in [0, 0.05) is 25.8 Å². The van der Waals surface area contributed by atoms with Crippen LogP contribution in [0.1, 0.15) is 54.4 Å². The van der Waals surface area contributed by atoms with Crippen molar-refractivity contribution >= 4 is 11.8 Å². The van der Waals surface area contributed by atoms with Gasteiger partial charge in [-0.2, -0.15) is 0 Å². The van der Waals surface area contributed by atoms with E-state index in [-0.39, 0.29) is 35.9 Å². The molecule has 6 nitrogen and oxygen atoms in total. The lowest BCUT2D eigenvalue weighted by molar-refractivity contribution is -0.122. The van der Waals surface area contributed by atoms with Gasteiger partial charge in [-0.1, -0.05) is 50.1 Å². The van der Waals surface area contributed by atoms with Crippen LogP contribution in [0, 0.1) is 0 Å². The molecule has 3 rings (SSSR count). The van der Waals surface area contributed by atoms with Gasteiger partial charge in [0.15, 0.2) is 0 Å². The number of benzene rings is 1. The van der Waals surface area contributed by atoms with Crippen molar-refractivity contribution in [2.24, 2.45) is 0 Å². The molecule has 2 aromatic rings. The van der Waals surface area contributed by atoms with Crippen LogP contribution in [0.4, 0.5) is 0 Å². The zero-order valence-corrected chi connectivity index (χ0v) is 17.1. The molecule has 1 fully saturated rings. The zero-order valence-electron chi connectivity index (χ0n) is 17.1. The van der Waals surface area contributed by atoms with Crippen LogP contribution in [0.2, 0.25) is 0 Å². The number of nitrogens with zero attached hydrogens (tertiary/aromatic N) is 2. The molecule has 1 saturated carbocycles. The van der Waals surface area contributed by atoms with Gasteiger partial charge in [0.2, 0.25) is 5.91 Å². The standard InChI is InChI=1S/C23H29N3O3/c1-17(18-9-4-3-5-10-18)15-25(2)22(28)20-13-8-14-26(23(20)29)16-21(27)24-19-11-6-7-12-19/h3-5,8-10,13-14,17,19H,6-7,11-12,15-16H2,1-2H3,(H,24,27)/t17-/m0/s1. The summed E-state index contributed by atoms with van der Waals surface area (Å²) in [5, 5.41) is 2.98. The van der Waals surface area contributed by atoms with Crippen LogP contribution < -0.4 is 10.9 Å². The molecule has 0 saturated heterocycles. The van der Waals surface area contributed by atoms with E-state index in [0.717, 1.165) is 31.2 Å². The zero-order chi connectivity index (χ0) is 20.8. The van der Waals surface area contributed by atoms with Crippen molar-refractivity contribution < 1.29 is 9.59 Å². The van der Waals surface area contributed by atoms with Crippen molar-refractivity contribution in [2.75, 3.05) is 13.6 Å². The van der Waals surface area contributed by atoms with Crippen LogP contribution in [0.5, 0.6) is 0 Å². The van der Waals surface area contributed by atoms with E-state index >= 15 is 0 Å². The van der Waals surface area contributed by atoms with E-state index in [1.165, 1.54) is 10.6 Å². The first-order chi connectivity index (χ1) is 14.0. The van der Waals surface area contributed by atoms with Crippen LogP contribution >= 0.6 is 0 Å². The Balaban J connectivity index is 1.66. The number of likely N-dealkylation sites (N-methyl/N-ethyl adjacent to an activating group) is 1. The first kappa shape index (κ1) is 20.8. The quantitative estimate of drug-likeness (QED) is 0.784. The molecule has 29 heavy (non-hydrogen) atoms. The van der Waals surface area contributed by atoms with E-state index in [2.05, 4.69) is 12.2 Å². The maximum absolute atomic E-state index is 12.9. The summed E-state index contributed by atoms with van der Waals surface area (Å²) in [7, 11) is 1.70. The molecule has 1 atom stereocenters. The van der Waals surface area contributed by atoms with E-state index in [0.29, 0.717) is 6.54 Å². The van der Waals surface area contributed by atoms with Crippen molar-refractivity contribution in [3.05, 3.63) is 70.1 Å². The Morgan fingerprint density at radius 3 is 2.52 bits per heavy atom. The van der Waals surface area contributed by atoms with Crippen molar-refractivity contribution in [1.82, 2.24) is 14.8 Å². The van der Waals surface area contributed by atoms with Crippen LogP contribution in [0.3, 0.4) is 0 Å². The highest BCUT2D eigenvalue weighted by atomic mass is 16.2. The molecule has 1 N–H and O–H groups in total. The van der Waals surface area contributed by atoms with Gasteiger partial charge in [0.25, 0.3) is 11.5 Å². The number of pyridine rings is 1. The van der Waals surface area contributed by atoms with E-state index in [1.54, 1.807) is 24.2 Å². The maximum Gasteiger partial charge on any atom is 0.263 e. The third-order valence-corrected chi connectivity index (χ3v) is 5.55. The summed E-state index contributed by atoms with van der Waals surface area (Å²) >= 11 is 0. The number of aromatic nitrogens is 1. The first-order valence-corrected chi connectivity index (χ1v) is 10.2. The average molecular weight is 396 g/mol. The highest BCUT2D eigenvalue weighted by Gasteiger charge is 2.21. The predicted octanol–water partition coefficient (Wildman–Crippen LogP) is 2.78. The van der Waals surface area contributed by atoms with Gasteiger partial charge in [-0.25, -0.2) is 0 Å². The van der Waals surface area contributed by atoms with Crippen LogP contribution in [-0.4, -0.2) is 40.9 Å². The SMILES string of the molecule is C[C@@H](CN(C)C(=O)c1cccn(CC(=O)NC2CCCC2)c1=O)c1ccccc1.